The largest absolute Gasteiger partial charge is 0.465 e. The monoisotopic (exact) mass is 326 g/mol. The van der Waals surface area contributed by atoms with Gasteiger partial charge in [-0.25, -0.2) is 0 Å². The van der Waals surface area contributed by atoms with Crippen molar-refractivity contribution in [2.24, 2.45) is 5.92 Å². The highest BCUT2D eigenvalue weighted by Crippen LogP contribution is 2.21. The number of benzene rings is 1. The molecule has 1 rings (SSSR count). The van der Waals surface area contributed by atoms with Gasteiger partial charge in [0.15, 0.2) is 0 Å². The van der Waals surface area contributed by atoms with Gasteiger partial charge in [0.2, 0.25) is 0 Å². The van der Waals surface area contributed by atoms with Crippen LogP contribution in [0.25, 0.3) is 0 Å². The van der Waals surface area contributed by atoms with E-state index in [9.17, 15) is 9.59 Å². The lowest BCUT2D eigenvalue weighted by atomic mass is 10.2. The zero-order chi connectivity index (χ0) is 16.5. The van der Waals surface area contributed by atoms with E-state index in [2.05, 4.69) is 0 Å². The summed E-state index contributed by atoms with van der Waals surface area (Å²) in [6.07, 6.45) is 1.83. The highest BCUT2D eigenvalue weighted by atomic mass is 35.5. The summed E-state index contributed by atoms with van der Waals surface area (Å²) in [5.41, 5.74) is 0.861. The summed E-state index contributed by atoms with van der Waals surface area (Å²) in [4.78, 5) is 23.1. The summed E-state index contributed by atoms with van der Waals surface area (Å²) in [5.74, 6) is 0.303. The number of esters is 2. The zero-order valence-electron chi connectivity index (χ0n) is 13.4. The summed E-state index contributed by atoms with van der Waals surface area (Å²) in [6, 6.07) is 5.09. The molecule has 0 saturated carbocycles. The molecule has 1 aromatic rings. The number of hydrogen-bond donors (Lipinski definition) is 0. The van der Waals surface area contributed by atoms with Crippen molar-refractivity contribution in [2.75, 3.05) is 6.61 Å². The highest BCUT2D eigenvalue weighted by Gasteiger charge is 2.08. The van der Waals surface area contributed by atoms with Crippen molar-refractivity contribution in [3.63, 3.8) is 0 Å². The van der Waals surface area contributed by atoms with Crippen LogP contribution in [0.5, 0.6) is 5.75 Å². The van der Waals surface area contributed by atoms with Crippen molar-refractivity contribution in [3.05, 3.63) is 28.8 Å². The predicted molar refractivity (Wildman–Crippen MR) is 86.1 cm³/mol. The zero-order valence-corrected chi connectivity index (χ0v) is 14.1. The summed E-state index contributed by atoms with van der Waals surface area (Å²) in [7, 11) is 0. The van der Waals surface area contributed by atoms with Gasteiger partial charge in [-0.3, -0.25) is 9.59 Å². The Kier molecular flexibility index (Phi) is 7.96. The van der Waals surface area contributed by atoms with E-state index in [0.29, 0.717) is 42.6 Å². The molecule has 0 amide bonds. The quantitative estimate of drug-likeness (QED) is 0.406. The molecule has 0 aliphatic heterocycles. The van der Waals surface area contributed by atoms with Gasteiger partial charge in [0.25, 0.3) is 0 Å². The van der Waals surface area contributed by atoms with E-state index < -0.39 is 0 Å². The fourth-order valence-electron chi connectivity index (χ4n) is 1.73. The van der Waals surface area contributed by atoms with Crippen LogP contribution in [0, 0.1) is 12.8 Å². The molecule has 0 N–H and O–H groups in total. The lowest BCUT2D eigenvalue weighted by molar-refractivity contribution is -0.145. The predicted octanol–water partition coefficient (Wildman–Crippen LogP) is 4.31. The van der Waals surface area contributed by atoms with Crippen molar-refractivity contribution < 1.29 is 19.1 Å². The second kappa shape index (κ2) is 9.46. The average Bonchev–Trinajstić information content (AvgIpc) is 2.45. The van der Waals surface area contributed by atoms with Gasteiger partial charge in [-0.05, 0) is 49.4 Å². The van der Waals surface area contributed by atoms with Gasteiger partial charge in [0.1, 0.15) is 5.75 Å². The molecule has 0 radical (unpaired) electrons. The number of hydrogen-bond acceptors (Lipinski definition) is 4. The van der Waals surface area contributed by atoms with Crippen molar-refractivity contribution in [3.8, 4) is 5.75 Å². The van der Waals surface area contributed by atoms with Crippen LogP contribution in [0.15, 0.2) is 18.2 Å². The Morgan fingerprint density at radius 3 is 2.36 bits per heavy atom. The maximum absolute atomic E-state index is 11.7. The maximum Gasteiger partial charge on any atom is 0.311 e. The molecule has 0 aromatic heterocycles. The minimum absolute atomic E-state index is 0.213. The van der Waals surface area contributed by atoms with Gasteiger partial charge in [-0.2, -0.15) is 0 Å². The smallest absolute Gasteiger partial charge is 0.311 e. The molecule has 4 nitrogen and oxygen atoms in total. The van der Waals surface area contributed by atoms with Crippen LogP contribution in [-0.4, -0.2) is 18.5 Å². The van der Waals surface area contributed by atoms with Gasteiger partial charge in [0.05, 0.1) is 6.61 Å². The second-order valence-corrected chi connectivity index (χ2v) is 6.08. The van der Waals surface area contributed by atoms with Crippen LogP contribution >= 0.6 is 11.6 Å². The standard InChI is InChI=1S/C17H23ClO4/c1-12(2)11-21-16(19)6-4-5-7-17(20)22-14-8-9-15(18)13(3)10-14/h8-10,12H,4-7,11H2,1-3H3. The van der Waals surface area contributed by atoms with Crippen molar-refractivity contribution in [1.29, 1.82) is 0 Å². The molecule has 0 saturated heterocycles. The summed E-state index contributed by atoms with van der Waals surface area (Å²) in [5, 5.41) is 0.639. The van der Waals surface area contributed by atoms with Crippen molar-refractivity contribution in [2.45, 2.75) is 46.5 Å². The second-order valence-electron chi connectivity index (χ2n) is 5.67. The molecule has 122 valence electrons. The summed E-state index contributed by atoms with van der Waals surface area (Å²) < 4.78 is 10.3. The Hall–Kier alpha value is -1.55. The number of rotatable bonds is 8. The number of unbranched alkanes of at least 4 members (excludes halogenated alkanes) is 1. The molecular formula is C17H23ClO4. The van der Waals surface area contributed by atoms with Crippen molar-refractivity contribution in [1.82, 2.24) is 0 Å². The third kappa shape index (κ3) is 7.46. The van der Waals surface area contributed by atoms with Crippen LogP contribution in [0.4, 0.5) is 0 Å². The first kappa shape index (κ1) is 18.5. The Labute approximate surface area is 136 Å². The Morgan fingerprint density at radius 1 is 1.14 bits per heavy atom. The van der Waals surface area contributed by atoms with Crippen LogP contribution in [0.1, 0.15) is 45.1 Å². The van der Waals surface area contributed by atoms with E-state index >= 15 is 0 Å². The first-order valence-electron chi connectivity index (χ1n) is 7.51. The summed E-state index contributed by atoms with van der Waals surface area (Å²) >= 11 is 5.91. The fourth-order valence-corrected chi connectivity index (χ4v) is 1.85. The molecule has 0 heterocycles. The average molecular weight is 327 g/mol. The van der Waals surface area contributed by atoms with Gasteiger partial charge in [-0.15, -0.1) is 0 Å². The van der Waals surface area contributed by atoms with E-state index in [0.717, 1.165) is 5.56 Å². The SMILES string of the molecule is Cc1cc(OC(=O)CCCCC(=O)OCC(C)C)ccc1Cl. The number of carbonyl (C=O) groups excluding carboxylic acids is 2. The van der Waals surface area contributed by atoms with E-state index in [1.807, 2.05) is 20.8 Å². The number of halogens is 1. The van der Waals surface area contributed by atoms with Gasteiger partial charge in [-0.1, -0.05) is 25.4 Å². The fraction of sp³-hybridized carbons (Fsp3) is 0.529. The van der Waals surface area contributed by atoms with E-state index in [-0.39, 0.29) is 18.4 Å². The van der Waals surface area contributed by atoms with Crippen LogP contribution in [0.2, 0.25) is 5.02 Å². The van der Waals surface area contributed by atoms with E-state index in [4.69, 9.17) is 21.1 Å². The number of ether oxygens (including phenoxy) is 2. The van der Waals surface area contributed by atoms with Crippen LogP contribution < -0.4 is 4.74 Å². The first-order chi connectivity index (χ1) is 10.4. The molecule has 0 bridgehead atoms. The number of aryl methyl sites for hydroxylation is 1. The van der Waals surface area contributed by atoms with Gasteiger partial charge in [0, 0.05) is 17.9 Å². The first-order valence-corrected chi connectivity index (χ1v) is 7.88. The molecule has 5 heteroatoms. The Morgan fingerprint density at radius 2 is 1.77 bits per heavy atom. The van der Waals surface area contributed by atoms with Gasteiger partial charge < -0.3 is 9.47 Å². The molecule has 22 heavy (non-hydrogen) atoms. The lowest BCUT2D eigenvalue weighted by Crippen LogP contribution is -2.11. The lowest BCUT2D eigenvalue weighted by Gasteiger charge is -2.07. The maximum atomic E-state index is 11.7. The molecular weight excluding hydrogens is 304 g/mol. The third-order valence-electron chi connectivity index (χ3n) is 2.95. The van der Waals surface area contributed by atoms with Crippen LogP contribution in [-0.2, 0) is 14.3 Å². The highest BCUT2D eigenvalue weighted by molar-refractivity contribution is 6.31. The van der Waals surface area contributed by atoms with Crippen molar-refractivity contribution >= 4 is 23.5 Å². The van der Waals surface area contributed by atoms with E-state index in [1.54, 1.807) is 18.2 Å². The minimum Gasteiger partial charge on any atom is -0.465 e. The third-order valence-corrected chi connectivity index (χ3v) is 3.37. The van der Waals surface area contributed by atoms with E-state index in [1.165, 1.54) is 0 Å². The summed E-state index contributed by atoms with van der Waals surface area (Å²) in [6.45, 7) is 6.27. The Bertz CT molecular complexity index is 511. The Balaban J connectivity index is 2.20. The molecule has 0 unspecified atom stereocenters. The topological polar surface area (TPSA) is 52.6 Å². The molecule has 1 aromatic carbocycles. The molecule has 0 spiro atoms. The molecule has 0 fully saturated rings. The number of carbonyl (C=O) groups is 2. The van der Waals surface area contributed by atoms with Crippen LogP contribution in [0.3, 0.4) is 0 Å². The van der Waals surface area contributed by atoms with Gasteiger partial charge >= 0.3 is 11.9 Å². The molecule has 0 aliphatic carbocycles. The minimum atomic E-state index is -0.308. The molecule has 0 atom stereocenters. The normalized spacial score (nSPS) is 10.6. The molecule has 0 aliphatic rings.